The zero-order valence-electron chi connectivity index (χ0n) is 11.3. The van der Waals surface area contributed by atoms with Crippen LogP contribution in [0, 0.1) is 11.8 Å². The molecule has 0 saturated heterocycles. The smallest absolute Gasteiger partial charge is 0.215 e. The fraction of sp³-hybridized carbons (Fsp3) is 1.00. The van der Waals surface area contributed by atoms with Crippen LogP contribution >= 0.6 is 11.6 Å². The Labute approximate surface area is 123 Å². The molecule has 1 aliphatic carbocycles. The molecule has 1 aliphatic rings. The molecule has 0 aliphatic heterocycles. The molecule has 0 spiro atoms. The van der Waals surface area contributed by atoms with E-state index in [1.165, 1.54) is 0 Å². The second-order valence-electron chi connectivity index (χ2n) is 5.34. The fourth-order valence-corrected chi connectivity index (χ4v) is 4.07. The predicted molar refractivity (Wildman–Crippen MR) is 73.2 cm³/mol. The van der Waals surface area contributed by atoms with Crippen molar-refractivity contribution in [1.29, 1.82) is 0 Å². The summed E-state index contributed by atoms with van der Waals surface area (Å²) < 4.78 is 61.6. The third kappa shape index (κ3) is 7.13. The Morgan fingerprint density at radius 2 is 1.75 bits per heavy atom. The third-order valence-electron chi connectivity index (χ3n) is 3.70. The van der Waals surface area contributed by atoms with E-state index in [2.05, 4.69) is 4.72 Å². The van der Waals surface area contributed by atoms with E-state index in [1.807, 2.05) is 0 Å². The van der Waals surface area contributed by atoms with Crippen molar-refractivity contribution < 1.29 is 21.6 Å². The molecular formula is C12H21ClF3NO2S. The zero-order valence-corrected chi connectivity index (χ0v) is 12.8. The minimum absolute atomic E-state index is 0.193. The summed E-state index contributed by atoms with van der Waals surface area (Å²) in [5.41, 5.74) is 0. The molecule has 1 N–H and O–H groups in total. The largest absolute Gasteiger partial charge is 0.389 e. The van der Waals surface area contributed by atoms with E-state index in [-0.39, 0.29) is 12.5 Å². The standard InChI is InChI=1S/C12H21ClF3NO2S/c13-8-10-4-1-2-5-11(10)9-17-20(18,19)7-3-6-12(14,15)16/h10-11,17H,1-9H2. The lowest BCUT2D eigenvalue weighted by Gasteiger charge is -2.30. The van der Waals surface area contributed by atoms with Crippen LogP contribution in [-0.4, -0.2) is 32.8 Å². The summed E-state index contributed by atoms with van der Waals surface area (Å²) in [5.74, 6) is 0.507. The number of sulfonamides is 1. The first-order valence-electron chi connectivity index (χ1n) is 6.83. The number of hydrogen-bond donors (Lipinski definition) is 1. The van der Waals surface area contributed by atoms with Gasteiger partial charge in [-0.05, 0) is 31.1 Å². The molecule has 8 heteroatoms. The van der Waals surface area contributed by atoms with Gasteiger partial charge in [0.05, 0.1) is 5.75 Å². The Bertz CT molecular complexity index is 387. The molecule has 20 heavy (non-hydrogen) atoms. The molecule has 0 bridgehead atoms. The van der Waals surface area contributed by atoms with Crippen LogP contribution in [0.15, 0.2) is 0 Å². The first-order valence-corrected chi connectivity index (χ1v) is 9.02. The monoisotopic (exact) mass is 335 g/mol. The molecule has 120 valence electrons. The summed E-state index contributed by atoms with van der Waals surface area (Å²) >= 11 is 5.86. The van der Waals surface area contributed by atoms with Gasteiger partial charge in [-0.25, -0.2) is 13.1 Å². The number of alkyl halides is 4. The van der Waals surface area contributed by atoms with Crippen molar-refractivity contribution in [2.75, 3.05) is 18.2 Å². The first kappa shape index (κ1) is 18.0. The molecule has 0 radical (unpaired) electrons. The lowest BCUT2D eigenvalue weighted by Crippen LogP contribution is -2.36. The van der Waals surface area contributed by atoms with E-state index >= 15 is 0 Å². The van der Waals surface area contributed by atoms with Crippen LogP contribution in [0.2, 0.25) is 0 Å². The van der Waals surface area contributed by atoms with Gasteiger partial charge in [0.25, 0.3) is 0 Å². The Balaban J connectivity index is 2.35. The predicted octanol–water partition coefficient (Wildman–Crippen LogP) is 3.29. The van der Waals surface area contributed by atoms with E-state index < -0.39 is 34.8 Å². The maximum Gasteiger partial charge on any atom is 0.389 e. The molecule has 1 fully saturated rings. The summed E-state index contributed by atoms with van der Waals surface area (Å²) in [4.78, 5) is 0. The Kier molecular flexibility index (Phi) is 7.08. The van der Waals surface area contributed by atoms with Crippen molar-refractivity contribution in [3.8, 4) is 0 Å². The number of nitrogens with one attached hydrogen (secondary N) is 1. The average Bonchev–Trinajstić information content (AvgIpc) is 2.35. The Hall–Kier alpha value is -0.0100. The van der Waals surface area contributed by atoms with Gasteiger partial charge in [-0.3, -0.25) is 0 Å². The molecule has 0 heterocycles. The molecule has 1 saturated carbocycles. The van der Waals surface area contributed by atoms with E-state index in [0.717, 1.165) is 25.7 Å². The molecule has 0 amide bonds. The average molecular weight is 336 g/mol. The summed E-state index contributed by atoms with van der Waals surface area (Å²) in [6, 6.07) is 0. The van der Waals surface area contributed by atoms with E-state index in [1.54, 1.807) is 0 Å². The lowest BCUT2D eigenvalue weighted by molar-refractivity contribution is -0.134. The first-order chi connectivity index (χ1) is 9.23. The van der Waals surface area contributed by atoms with Gasteiger partial charge in [0.2, 0.25) is 10.0 Å². The van der Waals surface area contributed by atoms with Crippen molar-refractivity contribution in [1.82, 2.24) is 4.72 Å². The maximum atomic E-state index is 12.0. The molecule has 2 atom stereocenters. The van der Waals surface area contributed by atoms with Crippen LogP contribution in [0.25, 0.3) is 0 Å². The Morgan fingerprint density at radius 1 is 1.15 bits per heavy atom. The molecule has 3 nitrogen and oxygen atoms in total. The van der Waals surface area contributed by atoms with Crippen molar-refractivity contribution in [3.63, 3.8) is 0 Å². The zero-order chi connectivity index (χ0) is 15.2. The second kappa shape index (κ2) is 7.84. The van der Waals surface area contributed by atoms with Gasteiger partial charge < -0.3 is 0 Å². The van der Waals surface area contributed by atoms with Crippen LogP contribution in [-0.2, 0) is 10.0 Å². The van der Waals surface area contributed by atoms with Crippen molar-refractivity contribution in [2.45, 2.75) is 44.7 Å². The molecule has 1 rings (SSSR count). The van der Waals surface area contributed by atoms with Gasteiger partial charge in [0.1, 0.15) is 0 Å². The van der Waals surface area contributed by atoms with Crippen molar-refractivity contribution in [2.24, 2.45) is 11.8 Å². The van der Waals surface area contributed by atoms with Gasteiger partial charge in [-0.2, -0.15) is 13.2 Å². The van der Waals surface area contributed by atoms with Gasteiger partial charge >= 0.3 is 6.18 Å². The van der Waals surface area contributed by atoms with Crippen LogP contribution < -0.4 is 4.72 Å². The lowest BCUT2D eigenvalue weighted by atomic mass is 9.80. The van der Waals surface area contributed by atoms with Gasteiger partial charge in [0.15, 0.2) is 0 Å². The van der Waals surface area contributed by atoms with Crippen LogP contribution in [0.3, 0.4) is 0 Å². The highest BCUT2D eigenvalue weighted by molar-refractivity contribution is 7.89. The highest BCUT2D eigenvalue weighted by Gasteiger charge is 2.28. The topological polar surface area (TPSA) is 46.2 Å². The summed E-state index contributed by atoms with van der Waals surface area (Å²) in [6.45, 7) is 0.283. The molecular weight excluding hydrogens is 315 g/mol. The fourth-order valence-electron chi connectivity index (χ4n) is 2.53. The minimum Gasteiger partial charge on any atom is -0.215 e. The summed E-state index contributed by atoms with van der Waals surface area (Å²) in [5, 5.41) is 0. The highest BCUT2D eigenvalue weighted by Crippen LogP contribution is 2.30. The van der Waals surface area contributed by atoms with Gasteiger partial charge in [-0.1, -0.05) is 12.8 Å². The molecule has 0 aromatic carbocycles. The minimum atomic E-state index is -4.30. The Morgan fingerprint density at radius 3 is 2.30 bits per heavy atom. The summed E-state index contributed by atoms with van der Waals surface area (Å²) in [7, 11) is -3.63. The van der Waals surface area contributed by atoms with Crippen molar-refractivity contribution >= 4 is 21.6 Å². The van der Waals surface area contributed by atoms with Crippen LogP contribution in [0.1, 0.15) is 38.5 Å². The number of halogens is 4. The number of rotatable bonds is 7. The van der Waals surface area contributed by atoms with Crippen LogP contribution in [0.4, 0.5) is 13.2 Å². The SMILES string of the molecule is O=S(=O)(CCCC(F)(F)F)NCC1CCCCC1CCl. The normalized spacial score (nSPS) is 24.8. The number of hydrogen-bond acceptors (Lipinski definition) is 2. The second-order valence-corrected chi connectivity index (χ2v) is 7.58. The highest BCUT2D eigenvalue weighted by atomic mass is 35.5. The maximum absolute atomic E-state index is 12.0. The summed E-state index contributed by atoms with van der Waals surface area (Å²) in [6.07, 6.45) is -1.71. The molecule has 2 unspecified atom stereocenters. The molecule has 0 aromatic heterocycles. The van der Waals surface area contributed by atoms with Gasteiger partial charge in [-0.15, -0.1) is 11.6 Å². The quantitative estimate of drug-likeness (QED) is 0.726. The third-order valence-corrected chi connectivity index (χ3v) is 5.53. The van der Waals surface area contributed by atoms with E-state index in [0.29, 0.717) is 11.8 Å². The van der Waals surface area contributed by atoms with Crippen LogP contribution in [0.5, 0.6) is 0 Å². The van der Waals surface area contributed by atoms with E-state index in [4.69, 9.17) is 11.6 Å². The van der Waals surface area contributed by atoms with Crippen molar-refractivity contribution in [3.05, 3.63) is 0 Å². The van der Waals surface area contributed by atoms with Gasteiger partial charge in [0, 0.05) is 18.8 Å². The molecule has 0 aromatic rings. The van der Waals surface area contributed by atoms with E-state index in [9.17, 15) is 21.6 Å².